The minimum absolute atomic E-state index is 0.654. The molecule has 6 heteroatoms. The first kappa shape index (κ1) is 11.6. The largest absolute Gasteiger partial charge is 0.329 e. The van der Waals surface area contributed by atoms with Crippen LogP contribution in [0.25, 0.3) is 11.2 Å². The van der Waals surface area contributed by atoms with E-state index < -0.39 is 0 Å². The molecule has 1 aliphatic heterocycles. The van der Waals surface area contributed by atoms with Gasteiger partial charge in [0.05, 0.1) is 5.52 Å². The SMILES string of the molecule is S=c1[nH]c2cccnc2n1CC1CSCCS1. The first-order valence-corrected chi connectivity index (χ1v) is 8.18. The van der Waals surface area contributed by atoms with Gasteiger partial charge in [-0.05, 0) is 24.4 Å². The molecule has 1 fully saturated rings. The summed E-state index contributed by atoms with van der Waals surface area (Å²) in [7, 11) is 0. The summed E-state index contributed by atoms with van der Waals surface area (Å²) in [5.74, 6) is 3.74. The summed E-state index contributed by atoms with van der Waals surface area (Å²) in [6.07, 6.45) is 1.82. The first-order chi connectivity index (χ1) is 8.34. The standard InChI is InChI=1S/C11H13N3S3/c15-11-13-9-2-1-3-12-10(9)14(11)6-8-7-16-4-5-17-8/h1-3,8H,4-7H2,(H,13,15). The van der Waals surface area contributed by atoms with Crippen molar-refractivity contribution in [3.63, 3.8) is 0 Å². The second-order valence-electron chi connectivity index (χ2n) is 3.98. The van der Waals surface area contributed by atoms with Gasteiger partial charge in [-0.15, -0.1) is 0 Å². The molecule has 3 rings (SSSR count). The Labute approximate surface area is 113 Å². The van der Waals surface area contributed by atoms with E-state index in [0.717, 1.165) is 22.5 Å². The smallest absolute Gasteiger partial charge is 0.179 e. The summed E-state index contributed by atoms with van der Waals surface area (Å²) >= 11 is 9.46. The van der Waals surface area contributed by atoms with Gasteiger partial charge in [0.1, 0.15) is 0 Å². The third kappa shape index (κ3) is 2.39. The Bertz CT molecular complexity index is 569. The minimum atomic E-state index is 0.654. The van der Waals surface area contributed by atoms with E-state index in [1.165, 1.54) is 17.3 Å². The second-order valence-corrected chi connectivity index (χ2v) is 6.93. The van der Waals surface area contributed by atoms with E-state index in [9.17, 15) is 0 Å². The molecular formula is C11H13N3S3. The number of nitrogens with zero attached hydrogens (tertiary/aromatic N) is 2. The average Bonchev–Trinajstić information content (AvgIpc) is 2.68. The van der Waals surface area contributed by atoms with Crippen molar-refractivity contribution in [2.45, 2.75) is 11.8 Å². The van der Waals surface area contributed by atoms with Crippen LogP contribution in [0.3, 0.4) is 0 Å². The number of rotatable bonds is 2. The lowest BCUT2D eigenvalue weighted by Crippen LogP contribution is -2.20. The summed E-state index contributed by atoms with van der Waals surface area (Å²) in [4.78, 5) is 7.63. The van der Waals surface area contributed by atoms with E-state index in [1.807, 2.05) is 41.9 Å². The first-order valence-electron chi connectivity index (χ1n) is 5.57. The lowest BCUT2D eigenvalue weighted by Gasteiger charge is -2.21. The van der Waals surface area contributed by atoms with Crippen LogP contribution in [0, 0.1) is 4.77 Å². The van der Waals surface area contributed by atoms with Crippen LogP contribution in [0.1, 0.15) is 0 Å². The molecule has 3 heterocycles. The Kier molecular flexibility index (Phi) is 3.44. The number of H-pyrrole nitrogens is 1. The van der Waals surface area contributed by atoms with E-state index >= 15 is 0 Å². The molecule has 2 aromatic rings. The molecule has 0 spiro atoms. The lowest BCUT2D eigenvalue weighted by molar-refractivity contribution is 0.699. The number of hydrogen-bond acceptors (Lipinski definition) is 4. The summed E-state index contributed by atoms with van der Waals surface area (Å²) in [6.45, 7) is 0.966. The fraction of sp³-hybridized carbons (Fsp3) is 0.455. The van der Waals surface area contributed by atoms with Gasteiger partial charge in [0, 0.05) is 35.3 Å². The van der Waals surface area contributed by atoms with E-state index in [1.54, 1.807) is 0 Å². The van der Waals surface area contributed by atoms with Gasteiger partial charge in [0.2, 0.25) is 0 Å². The van der Waals surface area contributed by atoms with Gasteiger partial charge in [0.25, 0.3) is 0 Å². The van der Waals surface area contributed by atoms with Crippen LogP contribution in [0.2, 0.25) is 0 Å². The van der Waals surface area contributed by atoms with Crippen LogP contribution in [0.5, 0.6) is 0 Å². The fourth-order valence-corrected chi connectivity index (χ4v) is 4.93. The van der Waals surface area contributed by atoms with Gasteiger partial charge in [-0.1, -0.05) is 0 Å². The molecule has 1 atom stereocenters. The molecule has 0 bridgehead atoms. The zero-order valence-electron chi connectivity index (χ0n) is 9.26. The Balaban J connectivity index is 1.93. The summed E-state index contributed by atoms with van der Waals surface area (Å²) in [6, 6.07) is 3.96. The van der Waals surface area contributed by atoms with Crippen LogP contribution < -0.4 is 0 Å². The van der Waals surface area contributed by atoms with Crippen molar-refractivity contribution in [3.05, 3.63) is 23.1 Å². The van der Waals surface area contributed by atoms with Crippen molar-refractivity contribution < 1.29 is 0 Å². The molecule has 0 aromatic carbocycles. The predicted molar refractivity (Wildman–Crippen MR) is 78.5 cm³/mol. The molecule has 3 nitrogen and oxygen atoms in total. The van der Waals surface area contributed by atoms with E-state index in [0.29, 0.717) is 5.25 Å². The topological polar surface area (TPSA) is 33.6 Å². The van der Waals surface area contributed by atoms with E-state index in [-0.39, 0.29) is 0 Å². The van der Waals surface area contributed by atoms with Gasteiger partial charge in [-0.2, -0.15) is 23.5 Å². The van der Waals surface area contributed by atoms with Crippen LogP contribution in [0.15, 0.2) is 18.3 Å². The maximum Gasteiger partial charge on any atom is 0.179 e. The number of aromatic amines is 1. The molecular weight excluding hydrogens is 270 g/mol. The number of aromatic nitrogens is 3. The highest BCUT2D eigenvalue weighted by molar-refractivity contribution is 8.06. The lowest BCUT2D eigenvalue weighted by atomic mass is 10.4. The van der Waals surface area contributed by atoms with Crippen LogP contribution >= 0.6 is 35.7 Å². The summed E-state index contributed by atoms with van der Waals surface area (Å²) in [5.41, 5.74) is 2.01. The van der Waals surface area contributed by atoms with Crippen LogP contribution in [-0.2, 0) is 6.54 Å². The Morgan fingerprint density at radius 1 is 1.53 bits per heavy atom. The Morgan fingerprint density at radius 2 is 2.47 bits per heavy atom. The average molecular weight is 283 g/mol. The number of fused-ring (bicyclic) bond motifs is 1. The van der Waals surface area contributed by atoms with Gasteiger partial charge in [0.15, 0.2) is 10.4 Å². The number of imidazole rings is 1. The molecule has 2 aromatic heterocycles. The highest BCUT2D eigenvalue weighted by Crippen LogP contribution is 2.26. The summed E-state index contributed by atoms with van der Waals surface area (Å²) in [5, 5.41) is 0.654. The quantitative estimate of drug-likeness (QED) is 0.859. The highest BCUT2D eigenvalue weighted by atomic mass is 32.2. The zero-order valence-corrected chi connectivity index (χ0v) is 11.7. The van der Waals surface area contributed by atoms with Gasteiger partial charge in [-0.3, -0.25) is 0 Å². The number of nitrogens with one attached hydrogen (secondary N) is 1. The number of hydrogen-bond donors (Lipinski definition) is 1. The van der Waals surface area contributed by atoms with E-state index in [4.69, 9.17) is 12.2 Å². The maximum absolute atomic E-state index is 5.37. The molecule has 1 unspecified atom stereocenters. The fourth-order valence-electron chi connectivity index (χ4n) is 2.00. The van der Waals surface area contributed by atoms with Crippen molar-refractivity contribution in [2.24, 2.45) is 0 Å². The van der Waals surface area contributed by atoms with Gasteiger partial charge >= 0.3 is 0 Å². The Morgan fingerprint density at radius 3 is 3.29 bits per heavy atom. The normalized spacial score (nSPS) is 20.8. The molecule has 0 amide bonds. The molecule has 0 radical (unpaired) electrons. The molecule has 0 saturated carbocycles. The maximum atomic E-state index is 5.37. The monoisotopic (exact) mass is 283 g/mol. The van der Waals surface area contributed by atoms with Gasteiger partial charge in [-0.25, -0.2) is 4.98 Å². The highest BCUT2D eigenvalue weighted by Gasteiger charge is 2.16. The molecule has 1 aliphatic rings. The number of pyridine rings is 1. The van der Waals surface area contributed by atoms with Crippen LogP contribution in [0.4, 0.5) is 0 Å². The third-order valence-electron chi connectivity index (χ3n) is 2.80. The second kappa shape index (κ2) is 5.04. The van der Waals surface area contributed by atoms with E-state index in [2.05, 4.69) is 14.5 Å². The van der Waals surface area contributed by atoms with Crippen molar-refractivity contribution in [3.8, 4) is 0 Å². The molecule has 1 saturated heterocycles. The van der Waals surface area contributed by atoms with Gasteiger partial charge < -0.3 is 9.55 Å². The summed E-state index contributed by atoms with van der Waals surface area (Å²) < 4.78 is 2.92. The van der Waals surface area contributed by atoms with Crippen LogP contribution in [-0.4, -0.2) is 37.0 Å². The van der Waals surface area contributed by atoms with Crippen molar-refractivity contribution in [1.82, 2.24) is 14.5 Å². The number of thioether (sulfide) groups is 2. The van der Waals surface area contributed by atoms with Crippen molar-refractivity contribution in [2.75, 3.05) is 17.3 Å². The predicted octanol–water partition coefficient (Wildman–Crippen LogP) is 2.94. The van der Waals surface area contributed by atoms with Crippen molar-refractivity contribution >= 4 is 46.9 Å². The van der Waals surface area contributed by atoms with Crippen molar-refractivity contribution in [1.29, 1.82) is 0 Å². The zero-order chi connectivity index (χ0) is 11.7. The molecule has 1 N–H and O–H groups in total. The molecule has 17 heavy (non-hydrogen) atoms. The molecule has 90 valence electrons. The molecule has 0 aliphatic carbocycles. The third-order valence-corrected chi connectivity index (χ3v) is 5.95. The Hall–Kier alpha value is -0.460. The minimum Gasteiger partial charge on any atom is -0.329 e.